The van der Waals surface area contributed by atoms with Crippen LogP contribution in [-0.2, 0) is 26.3 Å². The minimum absolute atomic E-state index is 0.0235. The van der Waals surface area contributed by atoms with Gasteiger partial charge in [-0.2, -0.15) is 21.6 Å². The van der Waals surface area contributed by atoms with Crippen LogP contribution in [0.25, 0.3) is 0 Å². The van der Waals surface area contributed by atoms with Crippen molar-refractivity contribution in [3.63, 3.8) is 0 Å². The fourth-order valence-corrected chi connectivity index (χ4v) is 4.12. The maximum Gasteiger partial charge on any atom is 0.534 e. The smallest absolute Gasteiger partial charge is 0.445 e. The molecule has 0 bridgehead atoms. The topological polar surface area (TPSA) is 115 Å². The van der Waals surface area contributed by atoms with Crippen molar-refractivity contribution in [2.75, 3.05) is 4.90 Å². The Morgan fingerprint density at radius 3 is 2.38 bits per heavy atom. The van der Waals surface area contributed by atoms with Crippen LogP contribution in [0.2, 0.25) is 0 Å². The first-order valence-corrected chi connectivity index (χ1v) is 11.5. The fraction of sp³-hybridized carbons (Fsp3) is 0.381. The molecule has 2 amide bonds. The summed E-state index contributed by atoms with van der Waals surface area (Å²) >= 11 is 0. The highest BCUT2D eigenvalue weighted by molar-refractivity contribution is 7.88. The number of nitrogens with zero attached hydrogens (tertiary/aromatic N) is 2. The van der Waals surface area contributed by atoms with E-state index in [-0.39, 0.29) is 17.9 Å². The second-order valence-corrected chi connectivity index (χ2v) is 9.25. The number of aromatic nitrogens is 1. The van der Waals surface area contributed by atoms with E-state index in [1.165, 1.54) is 13.0 Å². The fourth-order valence-electron chi connectivity index (χ4n) is 3.70. The number of pyridine rings is 1. The molecule has 3 rings (SSSR count). The summed E-state index contributed by atoms with van der Waals surface area (Å²) in [7, 11) is -6.06. The SMILES string of the molecule is CC(=O)N1c2c(ccnc2OS(=O)(=O)C(F)(F)F)C(NC(=O)OCc2ccccc2)C(C)C1C. The van der Waals surface area contributed by atoms with Gasteiger partial charge in [-0.25, -0.2) is 9.78 Å². The van der Waals surface area contributed by atoms with Crippen molar-refractivity contribution in [3.05, 3.63) is 53.7 Å². The van der Waals surface area contributed by atoms with Gasteiger partial charge in [-0.05, 0) is 18.6 Å². The van der Waals surface area contributed by atoms with Crippen molar-refractivity contribution < 1.29 is 40.1 Å². The van der Waals surface area contributed by atoms with Gasteiger partial charge in [0.1, 0.15) is 12.3 Å². The number of fused-ring (bicyclic) bond motifs is 1. The Balaban J connectivity index is 1.97. The van der Waals surface area contributed by atoms with Crippen molar-refractivity contribution in [2.45, 2.75) is 45.0 Å². The number of benzene rings is 1. The van der Waals surface area contributed by atoms with Crippen LogP contribution in [0.3, 0.4) is 0 Å². The molecule has 9 nitrogen and oxygen atoms in total. The average Bonchev–Trinajstić information content (AvgIpc) is 2.75. The maximum absolute atomic E-state index is 12.9. The van der Waals surface area contributed by atoms with E-state index in [9.17, 15) is 31.2 Å². The molecule has 1 aliphatic rings. The molecule has 0 fully saturated rings. The summed E-state index contributed by atoms with van der Waals surface area (Å²) in [5, 5.41) is 2.65. The summed E-state index contributed by atoms with van der Waals surface area (Å²) < 4.78 is 71.6. The van der Waals surface area contributed by atoms with Gasteiger partial charge in [-0.1, -0.05) is 37.3 Å². The first-order valence-electron chi connectivity index (χ1n) is 10.1. The zero-order chi connectivity index (χ0) is 25.3. The Kier molecular flexibility index (Phi) is 7.05. The second kappa shape index (κ2) is 9.49. The molecule has 0 aliphatic carbocycles. The molecule has 0 spiro atoms. The minimum Gasteiger partial charge on any atom is -0.445 e. The van der Waals surface area contributed by atoms with Crippen LogP contribution in [0.1, 0.15) is 37.9 Å². The van der Waals surface area contributed by atoms with E-state index in [0.29, 0.717) is 0 Å². The molecule has 2 aromatic rings. The van der Waals surface area contributed by atoms with Gasteiger partial charge < -0.3 is 19.1 Å². The molecule has 1 aromatic heterocycles. The number of hydrogen-bond acceptors (Lipinski definition) is 7. The van der Waals surface area contributed by atoms with Crippen molar-refractivity contribution >= 4 is 27.8 Å². The van der Waals surface area contributed by atoms with Gasteiger partial charge in [0.05, 0.1) is 6.04 Å². The molecule has 0 saturated carbocycles. The van der Waals surface area contributed by atoms with E-state index >= 15 is 0 Å². The summed E-state index contributed by atoms with van der Waals surface area (Å²) in [5.41, 5.74) is -5.09. The van der Waals surface area contributed by atoms with Crippen molar-refractivity contribution in [2.24, 2.45) is 5.92 Å². The van der Waals surface area contributed by atoms with Crippen LogP contribution in [0.15, 0.2) is 42.6 Å². The van der Waals surface area contributed by atoms with Crippen molar-refractivity contribution in [1.29, 1.82) is 0 Å². The minimum atomic E-state index is -6.06. The van der Waals surface area contributed by atoms with Crippen LogP contribution in [-0.4, -0.2) is 37.0 Å². The molecule has 1 aliphatic heterocycles. The number of nitrogens with one attached hydrogen (secondary N) is 1. The van der Waals surface area contributed by atoms with Crippen LogP contribution in [0.4, 0.5) is 23.7 Å². The number of ether oxygens (including phenoxy) is 1. The molecule has 0 radical (unpaired) electrons. The number of carbonyl (C=O) groups is 2. The lowest BCUT2D eigenvalue weighted by Crippen LogP contribution is -2.51. The number of anilines is 1. The van der Waals surface area contributed by atoms with Gasteiger partial charge in [0.2, 0.25) is 5.91 Å². The quantitative estimate of drug-likeness (QED) is 0.491. The third-order valence-corrected chi connectivity index (χ3v) is 6.43. The highest BCUT2D eigenvalue weighted by Crippen LogP contribution is 2.45. The predicted molar refractivity (Wildman–Crippen MR) is 114 cm³/mol. The lowest BCUT2D eigenvalue weighted by atomic mass is 9.83. The summed E-state index contributed by atoms with van der Waals surface area (Å²) in [6, 6.07) is 8.73. The van der Waals surface area contributed by atoms with Crippen LogP contribution >= 0.6 is 0 Å². The maximum atomic E-state index is 12.9. The molecule has 3 atom stereocenters. The van der Waals surface area contributed by atoms with Gasteiger partial charge in [-0.15, -0.1) is 0 Å². The highest BCUT2D eigenvalue weighted by Gasteiger charge is 2.50. The summed E-state index contributed by atoms with van der Waals surface area (Å²) in [6.07, 6.45) is 0.225. The van der Waals surface area contributed by atoms with Crippen LogP contribution < -0.4 is 14.4 Å². The molecule has 3 unspecified atom stereocenters. The monoisotopic (exact) mass is 501 g/mol. The molecular weight excluding hydrogens is 479 g/mol. The van der Waals surface area contributed by atoms with Crippen LogP contribution in [0.5, 0.6) is 5.88 Å². The zero-order valence-electron chi connectivity index (χ0n) is 18.4. The molecule has 1 aromatic carbocycles. The molecule has 13 heteroatoms. The summed E-state index contributed by atoms with van der Waals surface area (Å²) in [4.78, 5) is 29.6. The van der Waals surface area contributed by atoms with Gasteiger partial charge in [0, 0.05) is 30.6 Å². The number of alkyl halides is 3. The number of amides is 2. The Morgan fingerprint density at radius 1 is 1.15 bits per heavy atom. The largest absolute Gasteiger partial charge is 0.534 e. The number of alkyl carbamates (subject to hydrolysis) is 1. The van der Waals surface area contributed by atoms with Gasteiger partial charge in [0.25, 0.3) is 5.88 Å². The Labute approximate surface area is 194 Å². The zero-order valence-corrected chi connectivity index (χ0v) is 19.2. The number of carbonyl (C=O) groups excluding carboxylic acids is 2. The lowest BCUT2D eigenvalue weighted by molar-refractivity contribution is -0.117. The Hall–Kier alpha value is -3.35. The third kappa shape index (κ3) is 5.08. The number of rotatable bonds is 5. The lowest BCUT2D eigenvalue weighted by Gasteiger charge is -2.43. The molecule has 1 N–H and O–H groups in total. The van der Waals surface area contributed by atoms with Crippen molar-refractivity contribution in [3.8, 4) is 5.88 Å². The summed E-state index contributed by atoms with van der Waals surface area (Å²) in [5.74, 6) is -1.93. The molecular formula is C21H22F3N3O6S. The van der Waals surface area contributed by atoms with E-state index < -0.39 is 51.5 Å². The van der Waals surface area contributed by atoms with Gasteiger partial charge in [-0.3, -0.25) is 4.79 Å². The second-order valence-electron chi connectivity index (χ2n) is 7.71. The highest BCUT2D eigenvalue weighted by atomic mass is 32.2. The first kappa shape index (κ1) is 25.3. The van der Waals surface area contributed by atoms with E-state index in [1.54, 1.807) is 44.2 Å². The van der Waals surface area contributed by atoms with Crippen molar-refractivity contribution in [1.82, 2.24) is 10.3 Å². The normalized spacial score (nSPS) is 20.3. The van der Waals surface area contributed by atoms with Crippen LogP contribution in [0, 0.1) is 5.92 Å². The van der Waals surface area contributed by atoms with Gasteiger partial charge >= 0.3 is 21.7 Å². The van der Waals surface area contributed by atoms with E-state index in [1.807, 2.05) is 0 Å². The summed E-state index contributed by atoms with van der Waals surface area (Å²) in [6.45, 7) is 4.47. The Morgan fingerprint density at radius 2 is 1.79 bits per heavy atom. The first-order chi connectivity index (χ1) is 15.8. The predicted octanol–water partition coefficient (Wildman–Crippen LogP) is 3.67. The molecule has 184 valence electrons. The van der Waals surface area contributed by atoms with E-state index in [4.69, 9.17) is 4.74 Å². The van der Waals surface area contributed by atoms with E-state index in [0.717, 1.165) is 16.7 Å². The molecule has 2 heterocycles. The molecule has 0 saturated heterocycles. The van der Waals surface area contributed by atoms with E-state index in [2.05, 4.69) is 14.5 Å². The third-order valence-electron chi connectivity index (χ3n) is 5.49. The number of halogens is 3. The van der Waals surface area contributed by atoms with Gasteiger partial charge in [0.15, 0.2) is 0 Å². The Bertz CT molecular complexity index is 1170. The average molecular weight is 501 g/mol. The molecule has 34 heavy (non-hydrogen) atoms. The number of hydrogen-bond donors (Lipinski definition) is 1. The standard InChI is InChI=1S/C21H22F3N3O6S/c1-12-13(2)27(14(3)28)18-16(9-10-25-19(18)33-34(30,31)21(22,23)24)17(12)26-20(29)32-11-15-7-5-4-6-8-15/h4-10,12-13,17H,11H2,1-3H3,(H,26,29).